The summed E-state index contributed by atoms with van der Waals surface area (Å²) in [5.74, 6) is 0. The van der Waals surface area contributed by atoms with E-state index in [0.717, 1.165) is 19.3 Å². The predicted molar refractivity (Wildman–Crippen MR) is 71.9 cm³/mol. The Labute approximate surface area is 113 Å². The number of nitrogens with zero attached hydrogens (tertiary/aromatic N) is 1. The summed E-state index contributed by atoms with van der Waals surface area (Å²) in [5.41, 5.74) is 5.81. The molecule has 0 saturated heterocycles. The fourth-order valence-corrected chi connectivity index (χ4v) is 3.68. The number of nitrogens with two attached hydrogens (primary N) is 1. The first-order chi connectivity index (χ1) is 9.00. The number of aliphatic hydroxyl groups excluding tert-OH is 1. The second-order valence-corrected chi connectivity index (χ2v) is 6.53. The average molecular weight is 285 g/mol. The van der Waals surface area contributed by atoms with Gasteiger partial charge >= 0.3 is 0 Å². The fourth-order valence-electron chi connectivity index (χ4n) is 2.30. The molecule has 1 aromatic heterocycles. The van der Waals surface area contributed by atoms with E-state index in [2.05, 4.69) is 9.71 Å². The van der Waals surface area contributed by atoms with E-state index in [9.17, 15) is 13.5 Å². The highest BCUT2D eigenvalue weighted by Gasteiger charge is 2.28. The second kappa shape index (κ2) is 5.85. The van der Waals surface area contributed by atoms with Gasteiger partial charge in [-0.3, -0.25) is 4.98 Å². The van der Waals surface area contributed by atoms with Crippen molar-refractivity contribution in [3.63, 3.8) is 0 Å². The van der Waals surface area contributed by atoms with Crippen molar-refractivity contribution in [2.45, 2.75) is 49.1 Å². The molecule has 19 heavy (non-hydrogen) atoms. The normalized spacial score (nSPS) is 24.9. The van der Waals surface area contributed by atoms with E-state index in [1.807, 2.05) is 0 Å². The Morgan fingerprint density at radius 3 is 2.79 bits per heavy atom. The summed E-state index contributed by atoms with van der Waals surface area (Å²) >= 11 is 0. The summed E-state index contributed by atoms with van der Waals surface area (Å²) in [7, 11) is -3.74. The van der Waals surface area contributed by atoms with Crippen LogP contribution in [0.1, 0.15) is 32.1 Å². The van der Waals surface area contributed by atoms with Crippen molar-refractivity contribution in [1.82, 2.24) is 9.71 Å². The first-order valence-electron chi connectivity index (χ1n) is 6.40. The van der Waals surface area contributed by atoms with E-state index in [0.29, 0.717) is 12.8 Å². The van der Waals surface area contributed by atoms with E-state index in [-0.39, 0.29) is 10.6 Å². The minimum atomic E-state index is -3.74. The highest BCUT2D eigenvalue weighted by Crippen LogP contribution is 2.21. The number of hydrogen-bond donors (Lipinski definition) is 3. The van der Waals surface area contributed by atoms with Crippen LogP contribution in [0.3, 0.4) is 0 Å². The topological polar surface area (TPSA) is 105 Å². The minimum absolute atomic E-state index is 0.0357. The molecule has 0 spiro atoms. The maximum absolute atomic E-state index is 12.2. The van der Waals surface area contributed by atoms with Gasteiger partial charge in [0.15, 0.2) is 0 Å². The molecule has 6 nitrogen and oxygen atoms in total. The third-order valence-electron chi connectivity index (χ3n) is 3.39. The molecule has 0 radical (unpaired) electrons. The average Bonchev–Trinajstić information content (AvgIpc) is 2.55. The summed E-state index contributed by atoms with van der Waals surface area (Å²) < 4.78 is 27.0. The molecule has 1 aromatic rings. The van der Waals surface area contributed by atoms with Gasteiger partial charge in [-0.15, -0.1) is 0 Å². The van der Waals surface area contributed by atoms with E-state index in [1.165, 1.54) is 18.5 Å². The van der Waals surface area contributed by atoms with Crippen LogP contribution in [0.15, 0.2) is 23.4 Å². The molecule has 0 aromatic carbocycles. The molecule has 1 fully saturated rings. The maximum Gasteiger partial charge on any atom is 0.244 e. The van der Waals surface area contributed by atoms with Crippen LogP contribution in [0.2, 0.25) is 0 Å². The number of nitrogens with one attached hydrogen (secondary N) is 1. The van der Waals surface area contributed by atoms with Crippen molar-refractivity contribution in [3.8, 4) is 0 Å². The Bertz CT molecular complexity index is 533. The molecular weight excluding hydrogens is 266 g/mol. The van der Waals surface area contributed by atoms with Gasteiger partial charge in [-0.25, -0.2) is 13.1 Å². The standard InChI is InChI=1S/C12H19N3O3S/c13-9-6-7-14-8-12(9)19(17,18)15-10-4-2-1-3-5-11(10)16/h6-8,10-11,15-16H,1-5H2,(H2,13,14). The fraction of sp³-hybridized carbons (Fsp3) is 0.583. The lowest BCUT2D eigenvalue weighted by Crippen LogP contribution is -2.42. The van der Waals surface area contributed by atoms with E-state index >= 15 is 0 Å². The zero-order chi connectivity index (χ0) is 13.9. The molecule has 0 aliphatic heterocycles. The minimum Gasteiger partial charge on any atom is -0.398 e. The van der Waals surface area contributed by atoms with Gasteiger partial charge in [0.05, 0.1) is 11.8 Å². The number of nitrogen functional groups attached to an aromatic ring is 1. The van der Waals surface area contributed by atoms with E-state index < -0.39 is 22.2 Å². The lowest BCUT2D eigenvalue weighted by molar-refractivity contribution is 0.130. The van der Waals surface area contributed by atoms with Crippen molar-refractivity contribution in [1.29, 1.82) is 0 Å². The molecule has 106 valence electrons. The molecule has 1 heterocycles. The van der Waals surface area contributed by atoms with Gasteiger partial charge in [-0.2, -0.15) is 0 Å². The summed E-state index contributed by atoms with van der Waals surface area (Å²) in [6.07, 6.45) is 6.13. The third kappa shape index (κ3) is 3.43. The van der Waals surface area contributed by atoms with Crippen LogP contribution in [-0.4, -0.2) is 30.7 Å². The quantitative estimate of drug-likeness (QED) is 0.707. The molecule has 0 bridgehead atoms. The van der Waals surface area contributed by atoms with Crippen LogP contribution in [0.5, 0.6) is 0 Å². The number of sulfonamides is 1. The largest absolute Gasteiger partial charge is 0.398 e. The van der Waals surface area contributed by atoms with Gasteiger partial charge in [-0.1, -0.05) is 19.3 Å². The van der Waals surface area contributed by atoms with Gasteiger partial charge in [0.1, 0.15) is 4.90 Å². The molecule has 0 amide bonds. The van der Waals surface area contributed by atoms with Gasteiger partial charge < -0.3 is 10.8 Å². The zero-order valence-electron chi connectivity index (χ0n) is 10.6. The van der Waals surface area contributed by atoms with Crippen LogP contribution < -0.4 is 10.5 Å². The second-order valence-electron chi connectivity index (χ2n) is 4.85. The SMILES string of the molecule is Nc1ccncc1S(=O)(=O)NC1CCCCCC1O. The smallest absolute Gasteiger partial charge is 0.244 e. The lowest BCUT2D eigenvalue weighted by atomic mass is 10.1. The van der Waals surface area contributed by atoms with Gasteiger partial charge in [0, 0.05) is 18.4 Å². The number of aromatic nitrogens is 1. The number of anilines is 1. The molecule has 2 unspecified atom stereocenters. The number of pyridine rings is 1. The van der Waals surface area contributed by atoms with Gasteiger partial charge in [-0.05, 0) is 18.9 Å². The van der Waals surface area contributed by atoms with E-state index in [4.69, 9.17) is 5.73 Å². The summed E-state index contributed by atoms with van der Waals surface area (Å²) in [4.78, 5) is 3.75. The first-order valence-corrected chi connectivity index (χ1v) is 7.89. The van der Waals surface area contributed by atoms with Gasteiger partial charge in [0.2, 0.25) is 10.0 Å². The van der Waals surface area contributed by atoms with Crippen LogP contribution in [0, 0.1) is 0 Å². The van der Waals surface area contributed by atoms with Gasteiger partial charge in [0.25, 0.3) is 0 Å². The van der Waals surface area contributed by atoms with Crippen LogP contribution in [0.4, 0.5) is 5.69 Å². The highest BCUT2D eigenvalue weighted by molar-refractivity contribution is 7.89. The van der Waals surface area contributed by atoms with Crippen molar-refractivity contribution in [3.05, 3.63) is 18.5 Å². The Kier molecular flexibility index (Phi) is 4.38. The number of rotatable bonds is 3. The molecule has 4 N–H and O–H groups in total. The molecule has 2 atom stereocenters. The van der Waals surface area contributed by atoms with Crippen LogP contribution >= 0.6 is 0 Å². The summed E-state index contributed by atoms with van der Waals surface area (Å²) in [6.45, 7) is 0. The molecule has 7 heteroatoms. The first kappa shape index (κ1) is 14.2. The van der Waals surface area contributed by atoms with Crippen molar-refractivity contribution >= 4 is 15.7 Å². The predicted octanol–water partition coefficient (Wildman–Crippen LogP) is 0.636. The monoisotopic (exact) mass is 285 g/mol. The Balaban J connectivity index is 2.19. The lowest BCUT2D eigenvalue weighted by Gasteiger charge is -2.21. The van der Waals surface area contributed by atoms with Crippen LogP contribution in [-0.2, 0) is 10.0 Å². The van der Waals surface area contributed by atoms with Crippen LogP contribution in [0.25, 0.3) is 0 Å². The third-order valence-corrected chi connectivity index (χ3v) is 4.93. The zero-order valence-corrected chi connectivity index (χ0v) is 11.4. The summed E-state index contributed by atoms with van der Waals surface area (Å²) in [6, 6.07) is 0.991. The number of hydrogen-bond acceptors (Lipinski definition) is 5. The van der Waals surface area contributed by atoms with Crippen molar-refractivity contribution in [2.75, 3.05) is 5.73 Å². The molecule has 1 aliphatic carbocycles. The molecule has 1 aliphatic rings. The van der Waals surface area contributed by atoms with E-state index in [1.54, 1.807) is 0 Å². The number of aliphatic hydroxyl groups is 1. The maximum atomic E-state index is 12.2. The summed E-state index contributed by atoms with van der Waals surface area (Å²) in [5, 5.41) is 9.95. The Hall–Kier alpha value is -1.18. The highest BCUT2D eigenvalue weighted by atomic mass is 32.2. The molecule has 2 rings (SSSR count). The van der Waals surface area contributed by atoms with Crippen molar-refractivity contribution in [2.24, 2.45) is 0 Å². The Morgan fingerprint density at radius 1 is 1.32 bits per heavy atom. The molecule has 1 saturated carbocycles. The van der Waals surface area contributed by atoms with Crippen molar-refractivity contribution < 1.29 is 13.5 Å². The Morgan fingerprint density at radius 2 is 2.05 bits per heavy atom. The molecular formula is C12H19N3O3S.